The Labute approximate surface area is 71.6 Å². The third-order valence-electron chi connectivity index (χ3n) is 1.65. The van der Waals surface area contributed by atoms with Crippen molar-refractivity contribution in [3.8, 4) is 0 Å². The maximum atomic E-state index is 12.4. The van der Waals surface area contributed by atoms with Crippen molar-refractivity contribution < 1.29 is 13.2 Å². The van der Waals surface area contributed by atoms with Gasteiger partial charge in [-0.3, -0.25) is 4.90 Å². The fraction of sp³-hybridized carbons (Fsp3) is 1.00. The van der Waals surface area contributed by atoms with Gasteiger partial charge < -0.3 is 0 Å². The predicted molar refractivity (Wildman–Crippen MR) is 43.0 cm³/mol. The van der Waals surface area contributed by atoms with E-state index in [9.17, 15) is 13.2 Å². The molecule has 74 valence electrons. The number of hydrogen-bond acceptors (Lipinski definition) is 1. The summed E-state index contributed by atoms with van der Waals surface area (Å²) in [6.07, 6.45) is -4.15. The highest BCUT2D eigenvalue weighted by molar-refractivity contribution is 4.86. The molecule has 1 unspecified atom stereocenters. The zero-order valence-electron chi connectivity index (χ0n) is 8.16. The third-order valence-corrected chi connectivity index (χ3v) is 1.65. The maximum absolute atomic E-state index is 12.4. The van der Waals surface area contributed by atoms with E-state index >= 15 is 0 Å². The highest BCUT2D eigenvalue weighted by Gasteiger charge is 2.47. The summed E-state index contributed by atoms with van der Waals surface area (Å²) in [6.45, 7) is 4.77. The zero-order valence-corrected chi connectivity index (χ0v) is 8.16. The minimum atomic E-state index is -4.15. The minimum Gasteiger partial charge on any atom is -0.298 e. The molecule has 0 heterocycles. The van der Waals surface area contributed by atoms with Crippen molar-refractivity contribution in [1.29, 1.82) is 0 Å². The predicted octanol–water partition coefficient (Wildman–Crippen LogP) is 2.53. The Kier molecular flexibility index (Phi) is 3.18. The van der Waals surface area contributed by atoms with Crippen molar-refractivity contribution in [3.05, 3.63) is 0 Å². The van der Waals surface area contributed by atoms with Crippen LogP contribution in [0.3, 0.4) is 0 Å². The van der Waals surface area contributed by atoms with Crippen LogP contribution in [-0.4, -0.2) is 31.2 Å². The number of halogens is 3. The summed E-state index contributed by atoms with van der Waals surface area (Å²) in [6, 6.07) is -1.38. The molecule has 0 aliphatic carbocycles. The summed E-state index contributed by atoms with van der Waals surface area (Å²) in [5.74, 6) is 0. The van der Waals surface area contributed by atoms with Crippen molar-refractivity contribution >= 4 is 0 Å². The van der Waals surface area contributed by atoms with Crippen molar-refractivity contribution in [2.45, 2.75) is 33.0 Å². The van der Waals surface area contributed by atoms with Crippen LogP contribution in [0, 0.1) is 5.41 Å². The topological polar surface area (TPSA) is 3.24 Å². The standard InChI is InChI=1S/C8H16F3N/c1-7(2,3)6(12(4)5)8(9,10)11/h6H,1-5H3. The quantitative estimate of drug-likeness (QED) is 0.603. The molecular formula is C8H16F3N. The van der Waals surface area contributed by atoms with Gasteiger partial charge in [0.1, 0.15) is 6.04 Å². The van der Waals surface area contributed by atoms with Crippen LogP contribution in [-0.2, 0) is 0 Å². The van der Waals surface area contributed by atoms with Gasteiger partial charge in [0.05, 0.1) is 0 Å². The second-order valence-electron chi connectivity index (χ2n) is 4.27. The molecule has 1 atom stereocenters. The fourth-order valence-corrected chi connectivity index (χ4v) is 1.56. The molecule has 0 saturated carbocycles. The number of hydrogen-bond donors (Lipinski definition) is 0. The lowest BCUT2D eigenvalue weighted by atomic mass is 9.85. The van der Waals surface area contributed by atoms with Crippen molar-refractivity contribution in [3.63, 3.8) is 0 Å². The van der Waals surface area contributed by atoms with Gasteiger partial charge in [-0.05, 0) is 19.5 Å². The van der Waals surface area contributed by atoms with E-state index in [1.165, 1.54) is 19.0 Å². The summed E-state index contributed by atoms with van der Waals surface area (Å²) >= 11 is 0. The summed E-state index contributed by atoms with van der Waals surface area (Å²) in [7, 11) is 2.90. The van der Waals surface area contributed by atoms with Crippen LogP contribution in [0.4, 0.5) is 13.2 Å². The highest BCUT2D eigenvalue weighted by Crippen LogP contribution is 2.35. The molecule has 0 aliphatic heterocycles. The van der Waals surface area contributed by atoms with Crippen LogP contribution in [0.15, 0.2) is 0 Å². The van der Waals surface area contributed by atoms with E-state index < -0.39 is 17.6 Å². The molecule has 0 aromatic heterocycles. The average molecular weight is 183 g/mol. The molecule has 0 aliphatic rings. The summed E-state index contributed by atoms with van der Waals surface area (Å²) in [5, 5.41) is 0. The van der Waals surface area contributed by atoms with Crippen LogP contribution in [0.2, 0.25) is 0 Å². The van der Waals surface area contributed by atoms with Gasteiger partial charge in [-0.1, -0.05) is 20.8 Å². The number of rotatable bonds is 1. The zero-order chi connectivity index (χ0) is 10.2. The van der Waals surface area contributed by atoms with Crippen LogP contribution in [0.5, 0.6) is 0 Å². The maximum Gasteiger partial charge on any atom is 0.404 e. The van der Waals surface area contributed by atoms with E-state index in [0.717, 1.165) is 0 Å². The van der Waals surface area contributed by atoms with Crippen LogP contribution in [0.25, 0.3) is 0 Å². The molecular weight excluding hydrogens is 167 g/mol. The first kappa shape index (κ1) is 11.8. The Balaban J connectivity index is 4.70. The van der Waals surface area contributed by atoms with Crippen molar-refractivity contribution in [1.82, 2.24) is 4.90 Å². The van der Waals surface area contributed by atoms with Crippen LogP contribution < -0.4 is 0 Å². The van der Waals surface area contributed by atoms with Crippen LogP contribution >= 0.6 is 0 Å². The lowest BCUT2D eigenvalue weighted by Gasteiger charge is -2.37. The van der Waals surface area contributed by atoms with E-state index in [-0.39, 0.29) is 0 Å². The second kappa shape index (κ2) is 3.24. The summed E-state index contributed by atoms with van der Waals surface area (Å²) in [5.41, 5.74) is -0.776. The third kappa shape index (κ3) is 3.01. The molecule has 0 radical (unpaired) electrons. The molecule has 0 N–H and O–H groups in total. The molecule has 4 heteroatoms. The Morgan fingerprint density at radius 2 is 1.33 bits per heavy atom. The first-order valence-electron chi connectivity index (χ1n) is 3.80. The van der Waals surface area contributed by atoms with E-state index in [2.05, 4.69) is 0 Å². The lowest BCUT2D eigenvalue weighted by Crippen LogP contribution is -2.50. The van der Waals surface area contributed by atoms with Gasteiger partial charge in [0, 0.05) is 0 Å². The summed E-state index contributed by atoms with van der Waals surface area (Å²) in [4.78, 5) is 1.21. The van der Waals surface area contributed by atoms with Gasteiger partial charge >= 0.3 is 6.18 Å². The Morgan fingerprint density at radius 3 is 1.33 bits per heavy atom. The Bertz CT molecular complexity index is 129. The smallest absolute Gasteiger partial charge is 0.298 e. The first-order chi connectivity index (χ1) is 5.07. The minimum absolute atomic E-state index is 0.776. The lowest BCUT2D eigenvalue weighted by molar-refractivity contribution is -0.201. The molecule has 12 heavy (non-hydrogen) atoms. The largest absolute Gasteiger partial charge is 0.404 e. The highest BCUT2D eigenvalue weighted by atomic mass is 19.4. The van der Waals surface area contributed by atoms with E-state index in [4.69, 9.17) is 0 Å². The van der Waals surface area contributed by atoms with Gasteiger partial charge in [0.2, 0.25) is 0 Å². The van der Waals surface area contributed by atoms with E-state index in [0.29, 0.717) is 0 Å². The normalized spacial score (nSPS) is 16.8. The van der Waals surface area contributed by atoms with Crippen molar-refractivity contribution in [2.24, 2.45) is 5.41 Å². The summed E-state index contributed by atoms with van der Waals surface area (Å²) < 4.78 is 37.3. The number of nitrogens with zero attached hydrogens (tertiary/aromatic N) is 1. The van der Waals surface area contributed by atoms with Crippen molar-refractivity contribution in [2.75, 3.05) is 14.1 Å². The second-order valence-corrected chi connectivity index (χ2v) is 4.27. The average Bonchev–Trinajstić information content (AvgIpc) is 1.49. The first-order valence-corrected chi connectivity index (χ1v) is 3.80. The molecule has 0 rings (SSSR count). The van der Waals surface area contributed by atoms with Gasteiger partial charge in [0.25, 0.3) is 0 Å². The molecule has 0 saturated heterocycles. The Morgan fingerprint density at radius 1 is 1.00 bits per heavy atom. The van der Waals surface area contributed by atoms with E-state index in [1.807, 2.05) is 0 Å². The van der Waals surface area contributed by atoms with Crippen LogP contribution in [0.1, 0.15) is 20.8 Å². The monoisotopic (exact) mass is 183 g/mol. The van der Waals surface area contributed by atoms with E-state index in [1.54, 1.807) is 20.8 Å². The van der Waals surface area contributed by atoms with Gasteiger partial charge in [-0.25, -0.2) is 0 Å². The molecule has 1 nitrogen and oxygen atoms in total. The van der Waals surface area contributed by atoms with Gasteiger partial charge in [0.15, 0.2) is 0 Å². The molecule has 0 amide bonds. The molecule has 0 fully saturated rings. The number of alkyl halides is 3. The van der Waals surface area contributed by atoms with Gasteiger partial charge in [-0.2, -0.15) is 13.2 Å². The molecule has 0 spiro atoms. The molecule has 0 aromatic rings. The molecule has 0 aromatic carbocycles. The SMILES string of the molecule is CN(C)C(C(C)(C)C)C(F)(F)F. The fourth-order valence-electron chi connectivity index (χ4n) is 1.56. The van der Waals surface area contributed by atoms with Gasteiger partial charge in [-0.15, -0.1) is 0 Å². The molecule has 0 bridgehead atoms. The Hall–Kier alpha value is -0.250.